The summed E-state index contributed by atoms with van der Waals surface area (Å²) in [5.41, 5.74) is 4.07. The van der Waals surface area contributed by atoms with Gasteiger partial charge >= 0.3 is 0 Å². The van der Waals surface area contributed by atoms with Crippen LogP contribution in [-0.4, -0.2) is 25.5 Å². The monoisotopic (exact) mass is 440 g/mol. The van der Waals surface area contributed by atoms with Crippen LogP contribution in [0.2, 0.25) is 0 Å². The van der Waals surface area contributed by atoms with E-state index in [1.807, 2.05) is 6.07 Å². The molecule has 0 aliphatic rings. The zero-order valence-corrected chi connectivity index (χ0v) is 17.4. The molecule has 0 bridgehead atoms. The summed E-state index contributed by atoms with van der Waals surface area (Å²) < 4.78 is 16.1. The van der Waals surface area contributed by atoms with Gasteiger partial charge < -0.3 is 10.5 Å². The zero-order chi connectivity index (χ0) is 22.9. The Morgan fingerprint density at radius 3 is 2.79 bits per heavy atom. The van der Waals surface area contributed by atoms with Crippen LogP contribution in [0.15, 0.2) is 79.4 Å². The summed E-state index contributed by atoms with van der Waals surface area (Å²) in [6.07, 6.45) is 5.69. The Bertz CT molecular complexity index is 1510. The number of anilines is 1. The molecule has 5 aromatic rings. The molecule has 0 unspecified atom stereocenters. The number of amides is 1. The minimum Gasteiger partial charge on any atom is -0.619 e. The van der Waals surface area contributed by atoms with Gasteiger partial charge in [-0.1, -0.05) is 0 Å². The highest BCUT2D eigenvalue weighted by Gasteiger charge is 2.19. The fourth-order valence-corrected chi connectivity index (χ4v) is 3.56. The molecule has 0 fully saturated rings. The van der Waals surface area contributed by atoms with Crippen molar-refractivity contribution in [2.75, 3.05) is 5.32 Å². The lowest BCUT2D eigenvalue weighted by molar-refractivity contribution is -0.605. The van der Waals surface area contributed by atoms with Gasteiger partial charge in [-0.05, 0) is 61.0 Å². The van der Waals surface area contributed by atoms with Gasteiger partial charge in [-0.15, -0.1) is 0 Å². The number of carbonyl (C=O) groups excluding carboxylic acids is 1. The van der Waals surface area contributed by atoms with E-state index in [4.69, 9.17) is 4.98 Å². The van der Waals surface area contributed by atoms with Crippen molar-refractivity contribution in [1.82, 2.24) is 19.6 Å². The molecular formula is C24H17FN6O2. The fraction of sp³-hybridized carbons (Fsp3) is 0.0417. The highest BCUT2D eigenvalue weighted by molar-refractivity contribution is 6.03. The van der Waals surface area contributed by atoms with Gasteiger partial charge in [0.15, 0.2) is 18.0 Å². The fourth-order valence-electron chi connectivity index (χ4n) is 3.56. The Morgan fingerprint density at radius 1 is 1.09 bits per heavy atom. The van der Waals surface area contributed by atoms with Crippen molar-refractivity contribution in [1.29, 1.82) is 0 Å². The van der Waals surface area contributed by atoms with E-state index in [-0.39, 0.29) is 11.4 Å². The predicted octanol–water partition coefficient (Wildman–Crippen LogP) is 3.79. The van der Waals surface area contributed by atoms with Crippen molar-refractivity contribution in [3.8, 4) is 22.5 Å². The highest BCUT2D eigenvalue weighted by atomic mass is 19.1. The van der Waals surface area contributed by atoms with Crippen molar-refractivity contribution in [3.63, 3.8) is 0 Å². The first-order valence-corrected chi connectivity index (χ1v) is 10.1. The van der Waals surface area contributed by atoms with Gasteiger partial charge in [0.1, 0.15) is 22.9 Å². The minimum absolute atomic E-state index is 0.207. The van der Waals surface area contributed by atoms with Crippen LogP contribution in [0.3, 0.4) is 0 Å². The third kappa shape index (κ3) is 3.87. The number of hydrogen-bond donors (Lipinski definition) is 1. The van der Waals surface area contributed by atoms with E-state index < -0.39 is 5.91 Å². The molecule has 1 N–H and O–H groups in total. The number of hydrogen-bond acceptors (Lipinski definition) is 5. The number of imidazole rings is 1. The normalized spacial score (nSPS) is 11.0. The molecule has 8 nitrogen and oxygen atoms in total. The van der Waals surface area contributed by atoms with Crippen LogP contribution < -0.4 is 10.0 Å². The number of benzene rings is 1. The molecule has 0 atom stereocenters. The molecule has 9 heteroatoms. The molecule has 4 aromatic heterocycles. The Balaban J connectivity index is 1.59. The molecule has 162 valence electrons. The van der Waals surface area contributed by atoms with E-state index in [1.54, 1.807) is 54.2 Å². The maximum Gasteiger partial charge on any atom is 0.262 e. The van der Waals surface area contributed by atoms with Crippen LogP contribution in [-0.2, 0) is 0 Å². The van der Waals surface area contributed by atoms with Crippen LogP contribution >= 0.6 is 0 Å². The van der Waals surface area contributed by atoms with Gasteiger partial charge in [0.25, 0.3) is 5.91 Å². The number of aryl methyl sites for hydroxylation is 1. The smallest absolute Gasteiger partial charge is 0.262 e. The Hall–Kier alpha value is -4.66. The van der Waals surface area contributed by atoms with Gasteiger partial charge in [0, 0.05) is 29.6 Å². The van der Waals surface area contributed by atoms with Gasteiger partial charge in [0.05, 0.1) is 5.69 Å². The van der Waals surface area contributed by atoms with Crippen LogP contribution in [0.1, 0.15) is 15.9 Å². The van der Waals surface area contributed by atoms with E-state index in [9.17, 15) is 14.4 Å². The second-order valence-electron chi connectivity index (χ2n) is 7.40. The lowest BCUT2D eigenvalue weighted by atomic mass is 10.0. The third-order valence-corrected chi connectivity index (χ3v) is 5.14. The molecule has 0 spiro atoms. The molecule has 1 amide bonds. The van der Waals surface area contributed by atoms with Crippen LogP contribution in [0, 0.1) is 17.9 Å². The first-order valence-electron chi connectivity index (χ1n) is 10.1. The number of pyridine rings is 2. The van der Waals surface area contributed by atoms with Crippen LogP contribution in [0.25, 0.3) is 28.2 Å². The summed E-state index contributed by atoms with van der Waals surface area (Å²) in [7, 11) is 0. The SMILES string of the molecule is Cc1cc(-c2nc3cccnn3c2-c2ccnc(NC(=O)c3ccc[n+]([O-])c3)c2)ccc1F. The molecule has 0 aliphatic carbocycles. The standard InChI is InChI=1S/C24H17FN6O2/c1-15-12-16(6-7-19(15)25)22-23(31-21(29-22)5-2-9-27-31)17-8-10-26-20(13-17)28-24(32)18-4-3-11-30(33)14-18/h2-14H,1H3,(H,26,28,32). The van der Waals surface area contributed by atoms with Crippen LogP contribution in [0.4, 0.5) is 10.2 Å². The number of nitrogens with one attached hydrogen (secondary N) is 1. The lowest BCUT2D eigenvalue weighted by Crippen LogP contribution is -2.27. The lowest BCUT2D eigenvalue weighted by Gasteiger charge is -2.09. The first kappa shape index (κ1) is 20.3. The summed E-state index contributed by atoms with van der Waals surface area (Å²) in [6, 6.07) is 14.9. The number of aromatic nitrogens is 5. The molecule has 0 saturated carbocycles. The summed E-state index contributed by atoms with van der Waals surface area (Å²) in [6.45, 7) is 1.70. The first-order chi connectivity index (χ1) is 16.0. The zero-order valence-electron chi connectivity index (χ0n) is 17.4. The van der Waals surface area contributed by atoms with E-state index in [0.717, 1.165) is 5.56 Å². The van der Waals surface area contributed by atoms with Crippen molar-refractivity contribution >= 4 is 17.4 Å². The minimum atomic E-state index is -0.462. The predicted molar refractivity (Wildman–Crippen MR) is 120 cm³/mol. The highest BCUT2D eigenvalue weighted by Crippen LogP contribution is 2.33. The van der Waals surface area contributed by atoms with Gasteiger partial charge in [0.2, 0.25) is 0 Å². The van der Waals surface area contributed by atoms with Crippen molar-refractivity contribution in [2.24, 2.45) is 0 Å². The van der Waals surface area contributed by atoms with Gasteiger partial charge in [-0.25, -0.2) is 18.9 Å². The largest absolute Gasteiger partial charge is 0.619 e. The van der Waals surface area contributed by atoms with E-state index in [1.165, 1.54) is 30.6 Å². The second kappa shape index (κ2) is 8.12. The summed E-state index contributed by atoms with van der Waals surface area (Å²) in [5.74, 6) is -0.460. The van der Waals surface area contributed by atoms with Crippen LogP contribution in [0.5, 0.6) is 0 Å². The number of rotatable bonds is 4. The Kier molecular flexibility index (Phi) is 4.98. The van der Waals surface area contributed by atoms with E-state index in [0.29, 0.717) is 38.7 Å². The van der Waals surface area contributed by atoms with E-state index >= 15 is 0 Å². The molecule has 5 rings (SSSR count). The summed E-state index contributed by atoms with van der Waals surface area (Å²) >= 11 is 0. The maximum absolute atomic E-state index is 13.9. The summed E-state index contributed by atoms with van der Waals surface area (Å²) in [4.78, 5) is 21.5. The topological polar surface area (TPSA) is 99.1 Å². The Morgan fingerprint density at radius 2 is 1.97 bits per heavy atom. The average molecular weight is 440 g/mol. The molecule has 4 heterocycles. The van der Waals surface area contributed by atoms with Crippen molar-refractivity contribution in [2.45, 2.75) is 6.92 Å². The van der Waals surface area contributed by atoms with E-state index in [2.05, 4.69) is 15.4 Å². The van der Waals surface area contributed by atoms with Gasteiger partial charge in [-0.2, -0.15) is 9.83 Å². The molecule has 1 aromatic carbocycles. The molecular weight excluding hydrogens is 423 g/mol. The Labute approximate surface area is 187 Å². The maximum atomic E-state index is 13.9. The number of nitrogens with zero attached hydrogens (tertiary/aromatic N) is 5. The molecule has 0 aliphatic heterocycles. The second-order valence-corrected chi connectivity index (χ2v) is 7.40. The quantitative estimate of drug-likeness (QED) is 0.339. The number of halogens is 1. The average Bonchev–Trinajstić information content (AvgIpc) is 3.21. The molecule has 0 saturated heterocycles. The number of fused-ring (bicyclic) bond motifs is 1. The molecule has 33 heavy (non-hydrogen) atoms. The molecule has 0 radical (unpaired) electrons. The summed E-state index contributed by atoms with van der Waals surface area (Å²) in [5, 5.41) is 18.6. The number of carbonyl (C=O) groups is 1. The van der Waals surface area contributed by atoms with Crippen molar-refractivity contribution in [3.05, 3.63) is 102 Å². The third-order valence-electron chi connectivity index (χ3n) is 5.14. The van der Waals surface area contributed by atoms with Gasteiger partial charge in [-0.3, -0.25) is 4.79 Å². The van der Waals surface area contributed by atoms with Crippen molar-refractivity contribution < 1.29 is 13.9 Å².